The number of nitrogens with zero attached hydrogens (tertiary/aromatic N) is 1. The van der Waals surface area contributed by atoms with Gasteiger partial charge in [0.1, 0.15) is 0 Å². The van der Waals surface area contributed by atoms with E-state index in [1.165, 1.54) is 12.4 Å². The summed E-state index contributed by atoms with van der Waals surface area (Å²) in [6, 6.07) is 1.58. The average Bonchev–Trinajstić information content (AvgIpc) is 2.28. The molecular weight excluding hydrogens is 240 g/mol. The second-order valence-corrected chi connectivity index (χ2v) is 4.03. The molecule has 0 aliphatic carbocycles. The Bertz CT molecular complexity index is 407. The standard InChI is InChI=1S/C12H15ClN2O2/c1-9(2)8-17-6-5-15-12(16)10-7-14-4-3-11(10)13/h3-4,7H,1,5-6,8H2,2H3,(H,15,16). The maximum Gasteiger partial charge on any atom is 0.254 e. The van der Waals surface area contributed by atoms with Gasteiger partial charge in [0.2, 0.25) is 0 Å². The third-order valence-corrected chi connectivity index (χ3v) is 2.22. The summed E-state index contributed by atoms with van der Waals surface area (Å²) in [4.78, 5) is 15.5. The molecule has 0 spiro atoms. The summed E-state index contributed by atoms with van der Waals surface area (Å²) >= 11 is 5.86. The fourth-order valence-electron chi connectivity index (χ4n) is 1.12. The molecule has 0 atom stereocenters. The monoisotopic (exact) mass is 254 g/mol. The van der Waals surface area contributed by atoms with Crippen LogP contribution in [0.25, 0.3) is 0 Å². The van der Waals surface area contributed by atoms with Crippen LogP contribution in [0, 0.1) is 0 Å². The normalized spacial score (nSPS) is 10.0. The van der Waals surface area contributed by atoms with Crippen molar-refractivity contribution in [3.05, 3.63) is 41.2 Å². The minimum absolute atomic E-state index is 0.248. The van der Waals surface area contributed by atoms with Gasteiger partial charge in [-0.05, 0) is 13.0 Å². The van der Waals surface area contributed by atoms with Crippen LogP contribution in [-0.4, -0.2) is 30.6 Å². The van der Waals surface area contributed by atoms with Crippen LogP contribution in [0.3, 0.4) is 0 Å². The van der Waals surface area contributed by atoms with Crippen LogP contribution >= 0.6 is 11.6 Å². The maximum atomic E-state index is 11.7. The van der Waals surface area contributed by atoms with Gasteiger partial charge >= 0.3 is 0 Å². The lowest BCUT2D eigenvalue weighted by Crippen LogP contribution is -2.27. The fourth-order valence-corrected chi connectivity index (χ4v) is 1.31. The number of halogens is 1. The van der Waals surface area contributed by atoms with Crippen LogP contribution < -0.4 is 5.32 Å². The van der Waals surface area contributed by atoms with Crippen molar-refractivity contribution in [3.63, 3.8) is 0 Å². The summed E-state index contributed by atoms with van der Waals surface area (Å²) < 4.78 is 5.25. The number of ether oxygens (including phenoxy) is 1. The molecule has 17 heavy (non-hydrogen) atoms. The van der Waals surface area contributed by atoms with Crippen LogP contribution in [0.4, 0.5) is 0 Å². The molecule has 1 N–H and O–H groups in total. The summed E-state index contributed by atoms with van der Waals surface area (Å²) in [5.74, 6) is -0.248. The minimum Gasteiger partial charge on any atom is -0.375 e. The van der Waals surface area contributed by atoms with E-state index in [4.69, 9.17) is 16.3 Å². The molecule has 0 fully saturated rings. The molecule has 4 nitrogen and oxygen atoms in total. The molecule has 1 heterocycles. The molecule has 1 amide bonds. The third-order valence-electron chi connectivity index (χ3n) is 1.89. The van der Waals surface area contributed by atoms with E-state index in [0.29, 0.717) is 30.3 Å². The van der Waals surface area contributed by atoms with Crippen LogP contribution in [-0.2, 0) is 4.74 Å². The van der Waals surface area contributed by atoms with Gasteiger partial charge in [-0.3, -0.25) is 9.78 Å². The first kappa shape index (κ1) is 13.7. The first-order chi connectivity index (χ1) is 8.11. The topological polar surface area (TPSA) is 51.2 Å². The highest BCUT2D eigenvalue weighted by atomic mass is 35.5. The SMILES string of the molecule is C=C(C)COCCNC(=O)c1cnccc1Cl. The maximum absolute atomic E-state index is 11.7. The molecule has 92 valence electrons. The number of carbonyl (C=O) groups is 1. The van der Waals surface area contributed by atoms with E-state index >= 15 is 0 Å². The molecule has 0 aliphatic rings. The number of rotatable bonds is 6. The quantitative estimate of drug-likeness (QED) is 0.625. The summed E-state index contributed by atoms with van der Waals surface area (Å²) in [6.45, 7) is 6.96. The lowest BCUT2D eigenvalue weighted by atomic mass is 10.2. The second-order valence-electron chi connectivity index (χ2n) is 3.62. The van der Waals surface area contributed by atoms with E-state index in [0.717, 1.165) is 5.57 Å². The van der Waals surface area contributed by atoms with Crippen molar-refractivity contribution >= 4 is 17.5 Å². The summed E-state index contributed by atoms with van der Waals surface area (Å²) in [5, 5.41) is 3.08. The molecule has 0 saturated carbocycles. The Kier molecular flexibility index (Phi) is 5.66. The molecule has 5 heteroatoms. The predicted molar refractivity (Wildman–Crippen MR) is 67.2 cm³/mol. The Morgan fingerprint density at radius 3 is 3.06 bits per heavy atom. The van der Waals surface area contributed by atoms with Crippen LogP contribution in [0.5, 0.6) is 0 Å². The van der Waals surface area contributed by atoms with Gasteiger partial charge in [0.25, 0.3) is 5.91 Å². The molecule has 1 aromatic rings. The number of hydrogen-bond acceptors (Lipinski definition) is 3. The zero-order valence-electron chi connectivity index (χ0n) is 9.70. The highest BCUT2D eigenvalue weighted by Crippen LogP contribution is 2.12. The predicted octanol–water partition coefficient (Wildman–Crippen LogP) is 2.06. The van der Waals surface area contributed by atoms with Gasteiger partial charge in [0.05, 0.1) is 23.8 Å². The Balaban J connectivity index is 2.31. The molecule has 0 aromatic carbocycles. The summed E-state index contributed by atoms with van der Waals surface area (Å²) in [5.41, 5.74) is 1.32. The van der Waals surface area contributed by atoms with E-state index in [1.807, 2.05) is 6.92 Å². The molecule has 1 rings (SSSR count). The fraction of sp³-hybridized carbons (Fsp3) is 0.333. The molecular formula is C12H15ClN2O2. The Morgan fingerprint density at radius 1 is 1.65 bits per heavy atom. The number of nitrogens with one attached hydrogen (secondary N) is 1. The number of carbonyl (C=O) groups excluding carboxylic acids is 1. The van der Waals surface area contributed by atoms with Crippen LogP contribution in [0.2, 0.25) is 5.02 Å². The third kappa shape index (κ3) is 4.97. The van der Waals surface area contributed by atoms with Crippen molar-refractivity contribution in [1.82, 2.24) is 10.3 Å². The Morgan fingerprint density at radius 2 is 2.41 bits per heavy atom. The van der Waals surface area contributed by atoms with Crippen molar-refractivity contribution in [1.29, 1.82) is 0 Å². The van der Waals surface area contributed by atoms with E-state index in [-0.39, 0.29) is 5.91 Å². The van der Waals surface area contributed by atoms with E-state index in [2.05, 4.69) is 16.9 Å². The van der Waals surface area contributed by atoms with Crippen molar-refractivity contribution in [2.45, 2.75) is 6.92 Å². The van der Waals surface area contributed by atoms with Gasteiger partial charge in [-0.15, -0.1) is 0 Å². The van der Waals surface area contributed by atoms with Crippen LogP contribution in [0.1, 0.15) is 17.3 Å². The zero-order chi connectivity index (χ0) is 12.7. The molecule has 0 radical (unpaired) electrons. The Labute approximate surface area is 106 Å². The number of hydrogen-bond donors (Lipinski definition) is 1. The molecule has 0 unspecified atom stereocenters. The van der Waals surface area contributed by atoms with Crippen molar-refractivity contribution in [3.8, 4) is 0 Å². The molecule has 1 aromatic heterocycles. The van der Waals surface area contributed by atoms with E-state index in [1.54, 1.807) is 6.07 Å². The van der Waals surface area contributed by atoms with Crippen molar-refractivity contribution < 1.29 is 9.53 Å². The van der Waals surface area contributed by atoms with Gasteiger partial charge in [-0.1, -0.05) is 23.8 Å². The van der Waals surface area contributed by atoms with Crippen molar-refractivity contribution in [2.75, 3.05) is 19.8 Å². The number of pyridine rings is 1. The smallest absolute Gasteiger partial charge is 0.254 e. The van der Waals surface area contributed by atoms with Gasteiger partial charge in [-0.2, -0.15) is 0 Å². The first-order valence-corrected chi connectivity index (χ1v) is 5.59. The van der Waals surface area contributed by atoms with Gasteiger partial charge < -0.3 is 10.1 Å². The van der Waals surface area contributed by atoms with Crippen LogP contribution in [0.15, 0.2) is 30.6 Å². The average molecular weight is 255 g/mol. The number of amides is 1. The molecule has 0 aliphatic heterocycles. The lowest BCUT2D eigenvalue weighted by molar-refractivity contribution is 0.0926. The number of aromatic nitrogens is 1. The molecule has 0 bridgehead atoms. The van der Waals surface area contributed by atoms with Crippen molar-refractivity contribution in [2.24, 2.45) is 0 Å². The molecule has 0 saturated heterocycles. The lowest BCUT2D eigenvalue weighted by Gasteiger charge is -2.07. The highest BCUT2D eigenvalue weighted by molar-refractivity contribution is 6.33. The highest BCUT2D eigenvalue weighted by Gasteiger charge is 2.08. The van der Waals surface area contributed by atoms with Gasteiger partial charge in [-0.25, -0.2) is 0 Å². The minimum atomic E-state index is -0.248. The largest absolute Gasteiger partial charge is 0.375 e. The van der Waals surface area contributed by atoms with E-state index in [9.17, 15) is 4.79 Å². The first-order valence-electron chi connectivity index (χ1n) is 5.21. The van der Waals surface area contributed by atoms with E-state index < -0.39 is 0 Å². The second kappa shape index (κ2) is 7.04. The zero-order valence-corrected chi connectivity index (χ0v) is 10.5. The summed E-state index contributed by atoms with van der Waals surface area (Å²) in [7, 11) is 0. The van der Waals surface area contributed by atoms with Gasteiger partial charge in [0.15, 0.2) is 0 Å². The Hall–Kier alpha value is -1.39. The van der Waals surface area contributed by atoms with Gasteiger partial charge in [0, 0.05) is 18.9 Å². The summed E-state index contributed by atoms with van der Waals surface area (Å²) in [6.07, 6.45) is 2.97.